The molecule has 12 heteroatoms. The number of thiocarbonyl (C=S) groups is 4. The smallest absolute Gasteiger partial charge is 0.264 e. The molecule has 378 valence electrons. The van der Waals surface area contributed by atoms with Crippen LogP contribution < -0.4 is 18.9 Å². The van der Waals surface area contributed by atoms with Crippen LogP contribution in [0.3, 0.4) is 0 Å². The molecule has 0 N–H and O–H groups in total. The van der Waals surface area contributed by atoms with Gasteiger partial charge in [-0.15, -0.1) is 0 Å². The highest BCUT2D eigenvalue weighted by Gasteiger charge is 2.25. The zero-order valence-corrected chi connectivity index (χ0v) is 47.0. The van der Waals surface area contributed by atoms with E-state index in [0.717, 1.165) is 58.4 Å². The van der Waals surface area contributed by atoms with E-state index in [1.165, 1.54) is 101 Å². The second-order valence-electron chi connectivity index (χ2n) is 19.4. The van der Waals surface area contributed by atoms with Gasteiger partial charge < -0.3 is 38.5 Å². The van der Waals surface area contributed by atoms with Crippen LogP contribution in [-0.2, 0) is 12.8 Å². The normalized spacial score (nSPS) is 11.1. The molecule has 0 aromatic heterocycles. The number of unbranched alkanes of at least 4 members (excludes halogenated alkanes) is 14. The number of rotatable bonds is 24. The van der Waals surface area contributed by atoms with Crippen molar-refractivity contribution in [2.75, 3.05) is 56.4 Å². The molecule has 70 heavy (non-hydrogen) atoms. The Morgan fingerprint density at radius 2 is 0.600 bits per heavy atom. The zero-order chi connectivity index (χ0) is 50.7. The Balaban J connectivity index is 1.65. The summed E-state index contributed by atoms with van der Waals surface area (Å²) < 4.78 is 26.5. The Labute approximate surface area is 442 Å². The van der Waals surface area contributed by atoms with E-state index in [1.807, 2.05) is 68.5 Å². The maximum absolute atomic E-state index is 6.69. The van der Waals surface area contributed by atoms with Gasteiger partial charge in [-0.2, -0.15) is 0 Å². The third kappa shape index (κ3) is 16.7. The minimum Gasteiger partial charge on any atom is -0.431 e. The highest BCUT2D eigenvalue weighted by Crippen LogP contribution is 2.48. The van der Waals surface area contributed by atoms with Crippen LogP contribution in [-0.4, -0.2) is 96.7 Å². The summed E-state index contributed by atoms with van der Waals surface area (Å²) in [7, 11) is 15.0. The van der Waals surface area contributed by atoms with Crippen molar-refractivity contribution in [2.45, 2.75) is 129 Å². The molecule has 0 aliphatic carbocycles. The van der Waals surface area contributed by atoms with Gasteiger partial charge in [0, 0.05) is 78.6 Å². The van der Waals surface area contributed by atoms with Crippen molar-refractivity contribution < 1.29 is 18.9 Å². The Morgan fingerprint density at radius 3 is 0.900 bits per heavy atom. The molecular weight excluding hydrogens is 945 g/mol. The first kappa shape index (κ1) is 56.3. The van der Waals surface area contributed by atoms with E-state index in [2.05, 4.69) is 74.5 Å². The van der Waals surface area contributed by atoms with Gasteiger partial charge in [0.05, 0.1) is 0 Å². The molecule has 0 aliphatic heterocycles. The lowest BCUT2D eigenvalue weighted by Gasteiger charge is -2.24. The highest BCUT2D eigenvalue weighted by atomic mass is 32.1. The summed E-state index contributed by atoms with van der Waals surface area (Å²) in [4.78, 5) is 7.10. The Morgan fingerprint density at radius 1 is 0.329 bits per heavy atom. The number of aryl methyl sites for hydroxylation is 2. The monoisotopic (exact) mass is 1020 g/mol. The molecule has 0 saturated heterocycles. The first-order valence-electron chi connectivity index (χ1n) is 25.5. The fraction of sp³-hybridized carbons (Fsp3) is 0.483. The molecule has 0 spiro atoms. The van der Waals surface area contributed by atoms with E-state index in [1.54, 1.807) is 19.6 Å². The molecule has 0 unspecified atom stereocenters. The van der Waals surface area contributed by atoms with Crippen molar-refractivity contribution in [1.82, 2.24) is 19.6 Å². The van der Waals surface area contributed by atoms with Gasteiger partial charge in [0.15, 0.2) is 0 Å². The standard InChI is InChI=1S/C58H78N4O4S4/c1-11-13-15-17-19-21-23-25-27-41-29-31-43-35-47(51(37-45(43)33-41)63-55(67)59(3)4)49-39-54(66-58(70)62(9)10)50(40-53(49)65-57(69)61(7)8)48-36-44-32-30-42(28-26-24-22-20-18-16-14-12-2)34-46(44)38-52(48)64-56(68)60(5)6/h29-40H,11-28H2,1-10H3. The van der Waals surface area contributed by atoms with Crippen LogP contribution in [0, 0.1) is 0 Å². The summed E-state index contributed by atoms with van der Waals surface area (Å²) in [6, 6.07) is 25.7. The van der Waals surface area contributed by atoms with Gasteiger partial charge in [-0.3, -0.25) is 0 Å². The maximum atomic E-state index is 6.69. The molecule has 5 aromatic carbocycles. The van der Waals surface area contributed by atoms with E-state index >= 15 is 0 Å². The van der Waals surface area contributed by atoms with Gasteiger partial charge in [-0.25, -0.2) is 0 Å². The van der Waals surface area contributed by atoms with Crippen molar-refractivity contribution in [3.63, 3.8) is 0 Å². The summed E-state index contributed by atoms with van der Waals surface area (Å²) in [5.41, 5.74) is 5.42. The molecule has 0 saturated carbocycles. The minimum absolute atomic E-state index is 0.273. The molecule has 0 aliphatic rings. The minimum atomic E-state index is 0.273. The quantitative estimate of drug-likeness (QED) is 0.0437. The second-order valence-corrected chi connectivity index (χ2v) is 20.8. The lowest BCUT2D eigenvalue weighted by atomic mass is 9.93. The van der Waals surface area contributed by atoms with Crippen LogP contribution >= 0.6 is 48.9 Å². The van der Waals surface area contributed by atoms with E-state index in [4.69, 9.17) is 67.8 Å². The van der Waals surface area contributed by atoms with Gasteiger partial charge >= 0.3 is 0 Å². The fourth-order valence-electron chi connectivity index (χ4n) is 8.37. The number of hydrogen-bond donors (Lipinski definition) is 0. The SMILES string of the molecule is CCCCCCCCCCc1ccc2cc(-c3cc(OC(=S)N(C)C)c(-c4cc5ccc(CCCCCCCCCC)cc5cc4OC(=S)N(C)C)cc3OC(=S)N(C)C)c(OC(=S)N(C)C)cc2c1. The molecule has 0 bridgehead atoms. The van der Waals surface area contributed by atoms with E-state index in [0.29, 0.717) is 44.5 Å². The third-order valence-corrected chi connectivity index (χ3v) is 14.3. The van der Waals surface area contributed by atoms with E-state index < -0.39 is 0 Å². The molecule has 0 radical (unpaired) electrons. The lowest BCUT2D eigenvalue weighted by Crippen LogP contribution is -2.26. The number of ether oxygens (including phenoxy) is 4. The number of fused-ring (bicyclic) bond motifs is 2. The maximum Gasteiger partial charge on any atom is 0.264 e. The third-order valence-electron chi connectivity index (χ3n) is 12.6. The molecule has 5 rings (SSSR count). The Hall–Kier alpha value is -4.62. The van der Waals surface area contributed by atoms with Gasteiger partial charge in [0.25, 0.3) is 20.7 Å². The van der Waals surface area contributed by atoms with Crippen LogP contribution in [0.5, 0.6) is 23.0 Å². The second kappa shape index (κ2) is 28.4. The largest absolute Gasteiger partial charge is 0.431 e. The summed E-state index contributed by atoms with van der Waals surface area (Å²) in [5.74, 6) is 2.09. The number of hydrogen-bond acceptors (Lipinski definition) is 8. The van der Waals surface area contributed by atoms with Crippen LogP contribution in [0.25, 0.3) is 43.8 Å². The van der Waals surface area contributed by atoms with Crippen molar-refractivity contribution in [1.29, 1.82) is 0 Å². The lowest BCUT2D eigenvalue weighted by molar-refractivity contribution is 0.440. The van der Waals surface area contributed by atoms with Crippen LogP contribution in [0.1, 0.15) is 128 Å². The van der Waals surface area contributed by atoms with Gasteiger partial charge in [0.1, 0.15) is 23.0 Å². The van der Waals surface area contributed by atoms with Gasteiger partial charge in [0.2, 0.25) is 0 Å². The van der Waals surface area contributed by atoms with Crippen molar-refractivity contribution in [2.24, 2.45) is 0 Å². The first-order chi connectivity index (χ1) is 33.6. The van der Waals surface area contributed by atoms with E-state index in [-0.39, 0.29) is 10.3 Å². The predicted octanol–water partition coefficient (Wildman–Crippen LogP) is 15.6. The topological polar surface area (TPSA) is 49.9 Å². The molecule has 8 nitrogen and oxygen atoms in total. The van der Waals surface area contributed by atoms with Gasteiger partial charge in [-0.05, 0) is 144 Å². The van der Waals surface area contributed by atoms with Crippen LogP contribution in [0.4, 0.5) is 0 Å². The zero-order valence-electron chi connectivity index (χ0n) is 43.7. The summed E-state index contributed by atoms with van der Waals surface area (Å²) >= 11 is 23.3. The Kier molecular flexibility index (Phi) is 22.9. The molecule has 5 aromatic rings. The summed E-state index contributed by atoms with van der Waals surface area (Å²) in [6.07, 6.45) is 22.6. The van der Waals surface area contributed by atoms with Crippen molar-refractivity contribution in [3.05, 3.63) is 83.9 Å². The van der Waals surface area contributed by atoms with Gasteiger partial charge in [-0.1, -0.05) is 140 Å². The van der Waals surface area contributed by atoms with Crippen LogP contribution in [0.2, 0.25) is 0 Å². The highest BCUT2D eigenvalue weighted by molar-refractivity contribution is 7.80. The average molecular weight is 1020 g/mol. The Bertz CT molecular complexity index is 2380. The molecule has 0 atom stereocenters. The average Bonchev–Trinajstić information content (AvgIpc) is 3.32. The molecule has 0 heterocycles. The van der Waals surface area contributed by atoms with Crippen molar-refractivity contribution in [3.8, 4) is 45.3 Å². The predicted molar refractivity (Wildman–Crippen MR) is 313 cm³/mol. The summed E-state index contributed by atoms with van der Waals surface area (Å²) in [5, 5.41) is 5.38. The molecule has 0 fully saturated rings. The fourth-order valence-corrected chi connectivity index (χ4v) is 8.73. The van der Waals surface area contributed by atoms with E-state index in [9.17, 15) is 0 Å². The van der Waals surface area contributed by atoms with Crippen molar-refractivity contribution >= 4 is 91.1 Å². The number of nitrogens with zero attached hydrogens (tertiary/aromatic N) is 4. The van der Waals surface area contributed by atoms with Crippen LogP contribution in [0.15, 0.2) is 72.8 Å². The molecule has 0 amide bonds. The first-order valence-corrected chi connectivity index (χ1v) is 27.1. The molecular formula is C58H78N4O4S4. The number of benzene rings is 5. The summed E-state index contributed by atoms with van der Waals surface area (Å²) in [6.45, 7) is 4.54.